The van der Waals surface area contributed by atoms with Crippen LogP contribution in [-0.4, -0.2) is 36.1 Å². The minimum atomic E-state index is -0.276. The number of hydrogen-bond acceptors (Lipinski definition) is 3. The number of aliphatic hydroxyl groups is 1. The van der Waals surface area contributed by atoms with Crippen molar-refractivity contribution in [2.75, 3.05) is 13.2 Å². The van der Waals surface area contributed by atoms with Crippen molar-refractivity contribution in [2.45, 2.75) is 19.4 Å². The van der Waals surface area contributed by atoms with Gasteiger partial charge in [0.05, 0.1) is 12.5 Å². The molecule has 1 aliphatic heterocycles. The average Bonchev–Trinajstić information content (AvgIpc) is 2.51. The minimum Gasteiger partial charge on any atom is -0.394 e. The molecule has 0 radical (unpaired) electrons. The standard InChI is InChI=1S/C8H14N2O3/c1-5(4-11)10-8(13)6-2-7(12)9-3-6/h5-6,11H,2-4H2,1H3,(H,9,12)(H,10,13)/t5-,6?/m0/s1. The van der Waals surface area contributed by atoms with Crippen LogP contribution in [0.4, 0.5) is 0 Å². The van der Waals surface area contributed by atoms with Gasteiger partial charge in [0.25, 0.3) is 0 Å². The molecule has 2 amide bonds. The normalized spacial score (nSPS) is 23.8. The van der Waals surface area contributed by atoms with Crippen molar-refractivity contribution in [3.05, 3.63) is 0 Å². The average molecular weight is 186 g/mol. The SMILES string of the molecule is C[C@@H](CO)NC(=O)C1CNC(=O)C1. The van der Waals surface area contributed by atoms with Crippen LogP contribution in [0.25, 0.3) is 0 Å². The third-order valence-electron chi connectivity index (χ3n) is 2.01. The predicted molar refractivity (Wildman–Crippen MR) is 45.8 cm³/mol. The number of nitrogens with one attached hydrogen (secondary N) is 2. The highest BCUT2D eigenvalue weighted by Crippen LogP contribution is 2.08. The highest BCUT2D eigenvalue weighted by Gasteiger charge is 2.28. The van der Waals surface area contributed by atoms with E-state index < -0.39 is 0 Å². The number of carbonyl (C=O) groups excluding carboxylic acids is 2. The molecule has 2 atom stereocenters. The van der Waals surface area contributed by atoms with E-state index in [4.69, 9.17) is 5.11 Å². The Morgan fingerprint density at radius 2 is 2.54 bits per heavy atom. The molecule has 0 spiro atoms. The van der Waals surface area contributed by atoms with Gasteiger partial charge in [-0.15, -0.1) is 0 Å². The van der Waals surface area contributed by atoms with Crippen LogP contribution >= 0.6 is 0 Å². The lowest BCUT2D eigenvalue weighted by molar-refractivity contribution is -0.127. The predicted octanol–water partition coefficient (Wildman–Crippen LogP) is -1.38. The van der Waals surface area contributed by atoms with Crippen molar-refractivity contribution in [1.29, 1.82) is 0 Å². The molecule has 0 aliphatic carbocycles. The van der Waals surface area contributed by atoms with Crippen LogP contribution in [0.1, 0.15) is 13.3 Å². The molecule has 1 fully saturated rings. The first-order chi connectivity index (χ1) is 6.13. The van der Waals surface area contributed by atoms with E-state index in [0.717, 1.165) is 0 Å². The second-order valence-electron chi connectivity index (χ2n) is 3.30. The maximum Gasteiger partial charge on any atom is 0.225 e. The van der Waals surface area contributed by atoms with Crippen molar-refractivity contribution >= 4 is 11.8 Å². The molecule has 0 bridgehead atoms. The smallest absolute Gasteiger partial charge is 0.225 e. The molecule has 1 aliphatic rings. The molecule has 0 aromatic heterocycles. The van der Waals surface area contributed by atoms with Crippen LogP contribution in [-0.2, 0) is 9.59 Å². The number of rotatable bonds is 3. The zero-order valence-electron chi connectivity index (χ0n) is 7.54. The lowest BCUT2D eigenvalue weighted by Gasteiger charge is -2.13. The van der Waals surface area contributed by atoms with Crippen molar-refractivity contribution in [3.63, 3.8) is 0 Å². The molecule has 5 nitrogen and oxygen atoms in total. The summed E-state index contributed by atoms with van der Waals surface area (Å²) in [6.07, 6.45) is 0.254. The fourth-order valence-corrected chi connectivity index (χ4v) is 1.20. The van der Waals surface area contributed by atoms with Crippen molar-refractivity contribution in [1.82, 2.24) is 10.6 Å². The largest absolute Gasteiger partial charge is 0.394 e. The maximum absolute atomic E-state index is 11.3. The van der Waals surface area contributed by atoms with Gasteiger partial charge in [-0.1, -0.05) is 0 Å². The van der Waals surface area contributed by atoms with Gasteiger partial charge >= 0.3 is 0 Å². The molecular weight excluding hydrogens is 172 g/mol. The highest BCUT2D eigenvalue weighted by atomic mass is 16.3. The van der Waals surface area contributed by atoms with Crippen molar-refractivity contribution in [3.8, 4) is 0 Å². The zero-order valence-corrected chi connectivity index (χ0v) is 7.54. The Morgan fingerprint density at radius 3 is 3.00 bits per heavy atom. The molecule has 0 aromatic carbocycles. The van der Waals surface area contributed by atoms with Gasteiger partial charge in [0.2, 0.25) is 11.8 Å². The van der Waals surface area contributed by atoms with Crippen LogP contribution in [0.15, 0.2) is 0 Å². The fraction of sp³-hybridized carbons (Fsp3) is 0.750. The lowest BCUT2D eigenvalue weighted by Crippen LogP contribution is -2.39. The Labute approximate surface area is 76.5 Å². The first-order valence-electron chi connectivity index (χ1n) is 4.31. The summed E-state index contributed by atoms with van der Waals surface area (Å²) < 4.78 is 0. The van der Waals surface area contributed by atoms with E-state index in [0.29, 0.717) is 6.54 Å². The second kappa shape index (κ2) is 4.23. The summed E-state index contributed by atoms with van der Waals surface area (Å²) in [6.45, 7) is 2.03. The Bertz CT molecular complexity index is 217. The minimum absolute atomic E-state index is 0.0835. The summed E-state index contributed by atoms with van der Waals surface area (Å²) in [4.78, 5) is 22.1. The van der Waals surface area contributed by atoms with Gasteiger partial charge in [-0.05, 0) is 6.92 Å². The van der Waals surface area contributed by atoms with E-state index in [-0.39, 0.29) is 36.8 Å². The van der Waals surface area contributed by atoms with Crippen molar-refractivity contribution < 1.29 is 14.7 Å². The molecule has 1 unspecified atom stereocenters. The molecular formula is C8H14N2O3. The van der Waals surface area contributed by atoms with E-state index in [1.165, 1.54) is 0 Å². The second-order valence-corrected chi connectivity index (χ2v) is 3.30. The Kier molecular flexibility index (Phi) is 3.25. The van der Waals surface area contributed by atoms with E-state index in [1.807, 2.05) is 0 Å². The van der Waals surface area contributed by atoms with Gasteiger partial charge in [0.15, 0.2) is 0 Å². The molecule has 1 saturated heterocycles. The summed E-state index contributed by atoms with van der Waals surface area (Å²) in [6, 6.07) is -0.247. The van der Waals surface area contributed by atoms with E-state index in [1.54, 1.807) is 6.92 Å². The Morgan fingerprint density at radius 1 is 1.85 bits per heavy atom. The fourth-order valence-electron chi connectivity index (χ4n) is 1.20. The lowest BCUT2D eigenvalue weighted by atomic mass is 10.1. The summed E-state index contributed by atoms with van der Waals surface area (Å²) in [7, 11) is 0. The Hall–Kier alpha value is -1.10. The van der Waals surface area contributed by atoms with Gasteiger partial charge in [-0.2, -0.15) is 0 Å². The van der Waals surface area contributed by atoms with Crippen LogP contribution in [0.2, 0.25) is 0 Å². The molecule has 5 heteroatoms. The summed E-state index contributed by atoms with van der Waals surface area (Å²) in [5.74, 6) is -0.529. The molecule has 74 valence electrons. The summed E-state index contributed by atoms with van der Waals surface area (Å²) >= 11 is 0. The van der Waals surface area contributed by atoms with Gasteiger partial charge in [0, 0.05) is 19.0 Å². The third-order valence-corrected chi connectivity index (χ3v) is 2.01. The first-order valence-corrected chi connectivity index (χ1v) is 4.31. The topological polar surface area (TPSA) is 78.4 Å². The van der Waals surface area contributed by atoms with E-state index in [2.05, 4.69) is 10.6 Å². The molecule has 1 rings (SSSR count). The molecule has 3 N–H and O–H groups in total. The number of amides is 2. The summed E-state index contributed by atoms with van der Waals surface area (Å²) in [5, 5.41) is 13.9. The molecule has 0 aromatic rings. The van der Waals surface area contributed by atoms with Gasteiger partial charge in [0.1, 0.15) is 0 Å². The first kappa shape index (κ1) is 9.98. The van der Waals surface area contributed by atoms with E-state index in [9.17, 15) is 9.59 Å². The number of carbonyl (C=O) groups is 2. The number of hydrogen-bond donors (Lipinski definition) is 3. The van der Waals surface area contributed by atoms with Crippen molar-refractivity contribution in [2.24, 2.45) is 5.92 Å². The third kappa shape index (κ3) is 2.69. The highest BCUT2D eigenvalue weighted by molar-refractivity contribution is 5.89. The molecule has 1 heterocycles. The van der Waals surface area contributed by atoms with Gasteiger partial charge in [-0.25, -0.2) is 0 Å². The molecule has 0 saturated carbocycles. The van der Waals surface area contributed by atoms with Gasteiger partial charge in [-0.3, -0.25) is 9.59 Å². The van der Waals surface area contributed by atoms with Crippen LogP contribution in [0, 0.1) is 5.92 Å². The summed E-state index contributed by atoms with van der Waals surface area (Å²) in [5.41, 5.74) is 0. The monoisotopic (exact) mass is 186 g/mol. The Balaban J connectivity index is 2.35. The quantitative estimate of drug-likeness (QED) is 0.508. The number of aliphatic hydroxyl groups excluding tert-OH is 1. The van der Waals surface area contributed by atoms with Crippen LogP contribution in [0.5, 0.6) is 0 Å². The van der Waals surface area contributed by atoms with Crippen LogP contribution < -0.4 is 10.6 Å². The zero-order chi connectivity index (χ0) is 9.84. The van der Waals surface area contributed by atoms with Gasteiger partial charge < -0.3 is 15.7 Å². The molecule has 13 heavy (non-hydrogen) atoms. The van der Waals surface area contributed by atoms with Crippen LogP contribution in [0.3, 0.4) is 0 Å². The maximum atomic E-state index is 11.3. The van der Waals surface area contributed by atoms with E-state index >= 15 is 0 Å².